The SMILES string of the molecule is C=CCCOC(=O)Nc1cc2nc(-c3ccccc3)[nH]c2cc1N(CC)CC. The van der Waals surface area contributed by atoms with Gasteiger partial charge in [-0.05, 0) is 32.4 Å². The Morgan fingerprint density at radius 1 is 1.25 bits per heavy atom. The van der Waals surface area contributed by atoms with Gasteiger partial charge in [0.1, 0.15) is 5.82 Å². The van der Waals surface area contributed by atoms with Crippen LogP contribution >= 0.6 is 0 Å². The van der Waals surface area contributed by atoms with Crippen LogP contribution in [0.25, 0.3) is 22.4 Å². The fraction of sp³-hybridized carbons (Fsp3) is 0.273. The molecular weight excluding hydrogens is 352 g/mol. The number of aromatic nitrogens is 2. The van der Waals surface area contributed by atoms with E-state index in [2.05, 4.69) is 35.6 Å². The zero-order valence-electron chi connectivity index (χ0n) is 16.4. The molecule has 3 rings (SSSR count). The summed E-state index contributed by atoms with van der Waals surface area (Å²) in [6.45, 7) is 9.75. The van der Waals surface area contributed by atoms with Gasteiger partial charge in [0, 0.05) is 18.7 Å². The van der Waals surface area contributed by atoms with Crippen LogP contribution in [0, 0.1) is 0 Å². The van der Waals surface area contributed by atoms with Gasteiger partial charge >= 0.3 is 6.09 Å². The number of hydrogen-bond acceptors (Lipinski definition) is 4. The minimum absolute atomic E-state index is 0.304. The molecule has 0 aliphatic carbocycles. The van der Waals surface area contributed by atoms with E-state index in [9.17, 15) is 4.79 Å². The van der Waals surface area contributed by atoms with Crippen molar-refractivity contribution in [1.82, 2.24) is 9.97 Å². The number of benzene rings is 2. The van der Waals surface area contributed by atoms with Crippen molar-refractivity contribution >= 4 is 28.5 Å². The van der Waals surface area contributed by atoms with Gasteiger partial charge in [0.2, 0.25) is 0 Å². The molecule has 0 atom stereocenters. The number of fused-ring (bicyclic) bond motifs is 1. The van der Waals surface area contributed by atoms with Crippen molar-refractivity contribution in [3.05, 3.63) is 55.1 Å². The molecule has 0 unspecified atom stereocenters. The van der Waals surface area contributed by atoms with Crippen molar-refractivity contribution in [2.24, 2.45) is 0 Å². The van der Waals surface area contributed by atoms with Gasteiger partial charge in [0.15, 0.2) is 0 Å². The lowest BCUT2D eigenvalue weighted by atomic mass is 10.2. The van der Waals surface area contributed by atoms with Gasteiger partial charge in [-0.1, -0.05) is 36.4 Å². The van der Waals surface area contributed by atoms with Crippen LogP contribution in [0.3, 0.4) is 0 Å². The zero-order valence-corrected chi connectivity index (χ0v) is 16.4. The molecule has 1 heterocycles. The number of hydrogen-bond donors (Lipinski definition) is 2. The Bertz CT molecular complexity index is 946. The molecule has 146 valence electrons. The minimum atomic E-state index is -0.478. The maximum absolute atomic E-state index is 12.2. The first-order valence-electron chi connectivity index (χ1n) is 9.55. The molecule has 0 fully saturated rings. The summed E-state index contributed by atoms with van der Waals surface area (Å²) in [7, 11) is 0. The summed E-state index contributed by atoms with van der Waals surface area (Å²) in [6, 6.07) is 13.9. The summed E-state index contributed by atoms with van der Waals surface area (Å²) in [5.41, 5.74) is 4.34. The number of amides is 1. The average molecular weight is 378 g/mol. The van der Waals surface area contributed by atoms with Crippen molar-refractivity contribution < 1.29 is 9.53 Å². The van der Waals surface area contributed by atoms with Crippen molar-refractivity contribution in [1.29, 1.82) is 0 Å². The smallest absolute Gasteiger partial charge is 0.411 e. The predicted molar refractivity (Wildman–Crippen MR) is 115 cm³/mol. The lowest BCUT2D eigenvalue weighted by Crippen LogP contribution is -2.24. The van der Waals surface area contributed by atoms with Gasteiger partial charge in [0.25, 0.3) is 0 Å². The second-order valence-electron chi connectivity index (χ2n) is 6.35. The Labute approximate surface area is 165 Å². The number of carbonyl (C=O) groups is 1. The predicted octanol–water partition coefficient (Wildman–Crippen LogP) is 5.20. The lowest BCUT2D eigenvalue weighted by Gasteiger charge is -2.24. The number of rotatable bonds is 8. The molecular formula is C22H26N4O2. The highest BCUT2D eigenvalue weighted by atomic mass is 16.5. The van der Waals surface area contributed by atoms with E-state index in [1.807, 2.05) is 42.5 Å². The quantitative estimate of drug-likeness (QED) is 0.417. The Morgan fingerprint density at radius 3 is 2.68 bits per heavy atom. The standard InChI is InChI=1S/C22H26N4O2/c1-4-7-13-28-22(27)25-19-14-17-18(15-20(19)26(5-2)6-3)24-21(23-17)16-11-9-8-10-12-16/h4,8-12,14-15H,1,5-7,13H2,2-3H3,(H,23,24)(H,25,27). The van der Waals surface area contributed by atoms with E-state index in [-0.39, 0.29) is 0 Å². The van der Waals surface area contributed by atoms with E-state index in [4.69, 9.17) is 9.72 Å². The Kier molecular flexibility index (Phi) is 6.32. The molecule has 0 bridgehead atoms. The highest BCUT2D eigenvalue weighted by Gasteiger charge is 2.16. The molecule has 0 spiro atoms. The maximum Gasteiger partial charge on any atom is 0.411 e. The van der Waals surface area contributed by atoms with Gasteiger partial charge in [-0.15, -0.1) is 6.58 Å². The van der Waals surface area contributed by atoms with Crippen LogP contribution in [0.5, 0.6) is 0 Å². The number of carbonyl (C=O) groups excluding carboxylic acids is 1. The number of imidazole rings is 1. The van der Waals surface area contributed by atoms with Gasteiger partial charge in [-0.3, -0.25) is 5.32 Å². The molecule has 6 nitrogen and oxygen atoms in total. The monoisotopic (exact) mass is 378 g/mol. The third kappa shape index (κ3) is 4.34. The highest BCUT2D eigenvalue weighted by Crippen LogP contribution is 2.32. The van der Waals surface area contributed by atoms with Crippen molar-refractivity contribution in [2.75, 3.05) is 29.9 Å². The van der Waals surface area contributed by atoms with Crippen LogP contribution in [0.1, 0.15) is 20.3 Å². The molecule has 0 saturated heterocycles. The van der Waals surface area contributed by atoms with E-state index in [0.717, 1.165) is 41.2 Å². The number of nitrogens with one attached hydrogen (secondary N) is 2. The second-order valence-corrected chi connectivity index (χ2v) is 6.35. The third-order valence-corrected chi connectivity index (χ3v) is 4.54. The Hall–Kier alpha value is -3.28. The van der Waals surface area contributed by atoms with E-state index in [1.165, 1.54) is 0 Å². The molecule has 28 heavy (non-hydrogen) atoms. The largest absolute Gasteiger partial charge is 0.449 e. The number of nitrogens with zero attached hydrogens (tertiary/aromatic N) is 2. The van der Waals surface area contributed by atoms with Crippen molar-refractivity contribution in [2.45, 2.75) is 20.3 Å². The van der Waals surface area contributed by atoms with Crippen LogP contribution in [0.15, 0.2) is 55.1 Å². The van der Waals surface area contributed by atoms with Crippen LogP contribution in [-0.2, 0) is 4.74 Å². The molecule has 2 aromatic carbocycles. The molecule has 1 aromatic heterocycles. The van der Waals surface area contributed by atoms with Crippen LogP contribution < -0.4 is 10.2 Å². The summed E-state index contributed by atoms with van der Waals surface area (Å²) in [4.78, 5) is 22.5. The van der Waals surface area contributed by atoms with Crippen molar-refractivity contribution in [3.63, 3.8) is 0 Å². The number of H-pyrrole nitrogens is 1. The molecule has 0 radical (unpaired) electrons. The average Bonchev–Trinajstić information content (AvgIpc) is 3.13. The molecule has 3 aromatic rings. The van der Waals surface area contributed by atoms with Gasteiger partial charge < -0.3 is 14.6 Å². The zero-order chi connectivity index (χ0) is 19.9. The van der Waals surface area contributed by atoms with Crippen LogP contribution in [0.4, 0.5) is 16.2 Å². The van der Waals surface area contributed by atoms with E-state index in [0.29, 0.717) is 18.7 Å². The lowest BCUT2D eigenvalue weighted by molar-refractivity contribution is 0.164. The van der Waals surface area contributed by atoms with Gasteiger partial charge in [-0.25, -0.2) is 9.78 Å². The summed E-state index contributed by atoms with van der Waals surface area (Å²) >= 11 is 0. The third-order valence-electron chi connectivity index (χ3n) is 4.54. The Balaban J connectivity index is 1.98. The normalized spacial score (nSPS) is 10.6. The second kappa shape index (κ2) is 9.08. The van der Waals surface area contributed by atoms with Gasteiger partial charge in [-0.2, -0.15) is 0 Å². The van der Waals surface area contributed by atoms with Crippen molar-refractivity contribution in [3.8, 4) is 11.4 Å². The summed E-state index contributed by atoms with van der Waals surface area (Å²) < 4.78 is 5.21. The summed E-state index contributed by atoms with van der Waals surface area (Å²) in [5.74, 6) is 0.798. The summed E-state index contributed by atoms with van der Waals surface area (Å²) in [5, 5.41) is 2.87. The first-order chi connectivity index (χ1) is 13.7. The van der Waals surface area contributed by atoms with Crippen LogP contribution in [-0.4, -0.2) is 35.8 Å². The van der Waals surface area contributed by atoms with Gasteiger partial charge in [0.05, 0.1) is 29.0 Å². The number of anilines is 2. The fourth-order valence-corrected chi connectivity index (χ4v) is 3.09. The topological polar surface area (TPSA) is 70.2 Å². The molecule has 0 aliphatic rings. The minimum Gasteiger partial charge on any atom is -0.449 e. The molecule has 6 heteroatoms. The maximum atomic E-state index is 12.2. The molecule has 0 aliphatic heterocycles. The van der Waals surface area contributed by atoms with E-state index < -0.39 is 6.09 Å². The van der Waals surface area contributed by atoms with E-state index >= 15 is 0 Å². The Morgan fingerprint density at radius 2 is 2.00 bits per heavy atom. The molecule has 1 amide bonds. The summed E-state index contributed by atoms with van der Waals surface area (Å²) in [6.07, 6.45) is 1.86. The molecule has 0 saturated carbocycles. The first kappa shape index (κ1) is 19.5. The highest BCUT2D eigenvalue weighted by molar-refractivity contribution is 5.96. The molecule has 2 N–H and O–H groups in total. The fourth-order valence-electron chi connectivity index (χ4n) is 3.09. The number of ether oxygens (including phenoxy) is 1. The van der Waals surface area contributed by atoms with E-state index in [1.54, 1.807) is 6.08 Å². The first-order valence-corrected chi connectivity index (χ1v) is 9.55. The van der Waals surface area contributed by atoms with Crippen LogP contribution in [0.2, 0.25) is 0 Å². The number of aromatic amines is 1.